The van der Waals surface area contributed by atoms with Crippen LogP contribution in [0, 0.1) is 0 Å². The molecule has 0 heterocycles. The van der Waals surface area contributed by atoms with Gasteiger partial charge in [0.1, 0.15) is 10.4 Å². The van der Waals surface area contributed by atoms with E-state index in [0.29, 0.717) is 0 Å². The molecule has 0 aliphatic heterocycles. The van der Waals surface area contributed by atoms with Gasteiger partial charge in [-0.3, -0.25) is 4.99 Å². The molecule has 0 radical (unpaired) electrons. The van der Waals surface area contributed by atoms with Gasteiger partial charge in [0, 0.05) is 14.1 Å². The van der Waals surface area contributed by atoms with Crippen molar-refractivity contribution in [3.8, 4) is 0 Å². The number of hydrogen-bond acceptors (Lipinski definition) is 1. The number of guanidine groups is 1. The second-order valence-corrected chi connectivity index (χ2v) is 3.03. The molecular weight excluding hydrogens is 118 g/mol. The van der Waals surface area contributed by atoms with E-state index in [0.717, 1.165) is 16.4 Å². The lowest BCUT2D eigenvalue weighted by molar-refractivity contribution is 0.766. The third-order valence-corrected chi connectivity index (χ3v) is 1.28. The summed E-state index contributed by atoms with van der Waals surface area (Å²) in [5.41, 5.74) is 0. The van der Waals surface area contributed by atoms with Crippen LogP contribution < -0.4 is 5.32 Å². The zero-order chi connectivity index (χ0) is 6.57. The van der Waals surface area contributed by atoms with Crippen molar-refractivity contribution in [2.45, 2.75) is 0 Å². The second-order valence-electron chi connectivity index (χ2n) is 1.69. The molecule has 1 N–H and O–H groups in total. The molecule has 0 aromatic heterocycles. The zero-order valence-corrected chi connectivity index (χ0v) is 7.89. The molecule has 0 unspecified atom stereocenters. The molecule has 0 amide bonds. The van der Waals surface area contributed by atoms with E-state index in [9.17, 15) is 0 Å². The summed E-state index contributed by atoms with van der Waals surface area (Å²) in [5, 5.41) is 2.96. The Morgan fingerprint density at radius 1 is 1.75 bits per heavy atom. The molecular formula is C4H13N3Si. The standard InChI is InChI=1S/C4H13N3Si/c1-5-4(6-2)7(3)8/h1-3,8H3,(H,5,6). The molecule has 0 bridgehead atoms. The molecule has 0 aliphatic carbocycles. The number of nitrogens with one attached hydrogen (secondary N) is 1. The van der Waals surface area contributed by atoms with E-state index in [1.54, 1.807) is 7.05 Å². The predicted molar refractivity (Wildman–Crippen MR) is 40.1 cm³/mol. The van der Waals surface area contributed by atoms with E-state index in [2.05, 4.69) is 14.9 Å². The first-order chi connectivity index (χ1) is 3.72. The summed E-state index contributed by atoms with van der Waals surface area (Å²) < 4.78 is 2.06. The van der Waals surface area contributed by atoms with Gasteiger partial charge in [-0.25, -0.2) is 0 Å². The summed E-state index contributed by atoms with van der Waals surface area (Å²) in [4.78, 5) is 3.97. The summed E-state index contributed by atoms with van der Waals surface area (Å²) in [5.74, 6) is 0.955. The third kappa shape index (κ3) is 1.97. The molecule has 0 aliphatic rings. The maximum Gasteiger partial charge on any atom is 0.184 e. The van der Waals surface area contributed by atoms with Crippen LogP contribution in [0.25, 0.3) is 0 Å². The van der Waals surface area contributed by atoms with E-state index < -0.39 is 0 Å². The van der Waals surface area contributed by atoms with Crippen LogP contribution in [0.4, 0.5) is 0 Å². The zero-order valence-electron chi connectivity index (χ0n) is 5.89. The summed E-state index contributed by atoms with van der Waals surface area (Å²) in [6.45, 7) is 0. The first-order valence-electron chi connectivity index (χ1n) is 2.54. The average Bonchev–Trinajstić information content (AvgIpc) is 1.69. The molecule has 0 aromatic rings. The molecule has 3 nitrogen and oxygen atoms in total. The van der Waals surface area contributed by atoms with Gasteiger partial charge in [0.05, 0.1) is 0 Å². The first-order valence-corrected chi connectivity index (χ1v) is 3.43. The average molecular weight is 131 g/mol. The predicted octanol–water partition coefficient (Wildman–Crippen LogP) is -1.60. The normalized spacial score (nSPS) is 11.6. The van der Waals surface area contributed by atoms with Gasteiger partial charge in [0.15, 0.2) is 5.96 Å². The van der Waals surface area contributed by atoms with Gasteiger partial charge in [0.25, 0.3) is 0 Å². The minimum atomic E-state index is 0.955. The lowest BCUT2D eigenvalue weighted by Gasteiger charge is -2.13. The lowest BCUT2D eigenvalue weighted by atomic mass is 10.9. The van der Waals surface area contributed by atoms with Crippen LogP contribution in [0.3, 0.4) is 0 Å². The maximum absolute atomic E-state index is 3.97. The van der Waals surface area contributed by atoms with E-state index in [4.69, 9.17) is 0 Å². The third-order valence-electron chi connectivity index (χ3n) is 0.859. The fourth-order valence-corrected chi connectivity index (χ4v) is 0.959. The number of rotatable bonds is 0. The molecule has 8 heavy (non-hydrogen) atoms. The van der Waals surface area contributed by atoms with Crippen LogP contribution in [0.15, 0.2) is 4.99 Å². The first kappa shape index (κ1) is 7.49. The van der Waals surface area contributed by atoms with Crippen molar-refractivity contribution in [3.63, 3.8) is 0 Å². The van der Waals surface area contributed by atoms with Gasteiger partial charge in [0.2, 0.25) is 0 Å². The minimum Gasteiger partial charge on any atom is -0.381 e. The van der Waals surface area contributed by atoms with Crippen molar-refractivity contribution in [2.24, 2.45) is 4.99 Å². The highest BCUT2D eigenvalue weighted by Crippen LogP contribution is 1.72. The lowest BCUT2D eigenvalue weighted by Crippen LogP contribution is -2.34. The van der Waals surface area contributed by atoms with Crippen molar-refractivity contribution in [1.29, 1.82) is 0 Å². The van der Waals surface area contributed by atoms with Crippen molar-refractivity contribution in [2.75, 3.05) is 21.1 Å². The van der Waals surface area contributed by atoms with Crippen LogP contribution in [0.5, 0.6) is 0 Å². The van der Waals surface area contributed by atoms with E-state index in [1.165, 1.54) is 0 Å². The summed E-state index contributed by atoms with van der Waals surface area (Å²) in [6, 6.07) is 0. The molecule has 0 saturated heterocycles. The summed E-state index contributed by atoms with van der Waals surface area (Å²) in [7, 11) is 6.67. The Labute approximate surface area is 53.3 Å². The van der Waals surface area contributed by atoms with Gasteiger partial charge in [-0.05, 0) is 7.05 Å². The Morgan fingerprint density at radius 3 is 2.25 bits per heavy atom. The SMILES string of the molecule is CN=C(NC)N(C)[SiH3]. The molecule has 0 spiro atoms. The molecule has 0 saturated carbocycles. The van der Waals surface area contributed by atoms with Crippen LogP contribution in [0.2, 0.25) is 0 Å². The van der Waals surface area contributed by atoms with Gasteiger partial charge < -0.3 is 9.88 Å². The van der Waals surface area contributed by atoms with E-state index >= 15 is 0 Å². The molecule has 0 rings (SSSR count). The second kappa shape index (κ2) is 3.48. The van der Waals surface area contributed by atoms with Crippen LogP contribution in [-0.4, -0.2) is 42.1 Å². The van der Waals surface area contributed by atoms with Gasteiger partial charge in [-0.15, -0.1) is 0 Å². The van der Waals surface area contributed by atoms with E-state index in [-0.39, 0.29) is 0 Å². The fraction of sp³-hybridized carbons (Fsp3) is 0.750. The van der Waals surface area contributed by atoms with Crippen molar-refractivity contribution >= 4 is 16.4 Å². The van der Waals surface area contributed by atoms with Crippen molar-refractivity contribution in [3.05, 3.63) is 0 Å². The fourth-order valence-electron chi connectivity index (χ4n) is 0.535. The van der Waals surface area contributed by atoms with E-state index in [1.807, 2.05) is 14.1 Å². The highest BCUT2D eigenvalue weighted by molar-refractivity contribution is 6.14. The Balaban J connectivity index is 3.72. The Morgan fingerprint density at radius 2 is 2.25 bits per heavy atom. The van der Waals surface area contributed by atoms with Crippen molar-refractivity contribution in [1.82, 2.24) is 9.88 Å². The Hall–Kier alpha value is -0.513. The smallest absolute Gasteiger partial charge is 0.184 e. The highest BCUT2D eigenvalue weighted by Gasteiger charge is 1.91. The highest BCUT2D eigenvalue weighted by atomic mass is 28.2. The van der Waals surface area contributed by atoms with Gasteiger partial charge >= 0.3 is 0 Å². The van der Waals surface area contributed by atoms with Crippen LogP contribution >= 0.6 is 0 Å². The Kier molecular flexibility index (Phi) is 3.26. The van der Waals surface area contributed by atoms with Crippen LogP contribution in [-0.2, 0) is 0 Å². The Bertz CT molecular complexity index is 89.3. The molecule has 0 aromatic carbocycles. The summed E-state index contributed by atoms with van der Waals surface area (Å²) in [6.07, 6.45) is 0. The number of aliphatic imine (C=N–C) groups is 1. The molecule has 48 valence electrons. The number of nitrogens with zero attached hydrogens (tertiary/aromatic N) is 2. The van der Waals surface area contributed by atoms with Gasteiger partial charge in [-0.1, -0.05) is 0 Å². The monoisotopic (exact) mass is 131 g/mol. The van der Waals surface area contributed by atoms with Crippen molar-refractivity contribution < 1.29 is 0 Å². The molecule has 0 atom stereocenters. The van der Waals surface area contributed by atoms with Gasteiger partial charge in [-0.2, -0.15) is 0 Å². The minimum absolute atomic E-state index is 0.955. The molecule has 0 fully saturated rings. The quantitative estimate of drug-likeness (QED) is 0.244. The summed E-state index contributed by atoms with van der Waals surface area (Å²) >= 11 is 0. The van der Waals surface area contributed by atoms with Crippen LogP contribution in [0.1, 0.15) is 0 Å². The maximum atomic E-state index is 3.97. The number of hydrogen-bond donors (Lipinski definition) is 1. The molecule has 4 heteroatoms. The topological polar surface area (TPSA) is 27.6 Å². The largest absolute Gasteiger partial charge is 0.381 e.